The second-order valence-electron chi connectivity index (χ2n) is 4.90. The maximum absolute atomic E-state index is 11.4. The van der Waals surface area contributed by atoms with Crippen molar-refractivity contribution in [2.75, 3.05) is 20.1 Å². The third-order valence-corrected chi connectivity index (χ3v) is 3.37. The smallest absolute Gasteiger partial charge is 0.321 e. The Labute approximate surface area is 112 Å². The Balaban J connectivity index is 2.44. The lowest BCUT2D eigenvalue weighted by Gasteiger charge is -2.35. The molecule has 0 aromatic carbocycles. The lowest BCUT2D eigenvalue weighted by molar-refractivity contribution is -0.145. The molecule has 2 atom stereocenters. The highest BCUT2D eigenvalue weighted by Crippen LogP contribution is 2.22. The molecule has 0 aromatic heterocycles. The van der Waals surface area contributed by atoms with Gasteiger partial charge >= 0.3 is 12.0 Å². The molecule has 1 aliphatic rings. The van der Waals surface area contributed by atoms with Crippen LogP contribution in [0, 0.1) is 5.92 Å². The number of amides is 3. The van der Waals surface area contributed by atoms with Crippen molar-refractivity contribution < 1.29 is 19.5 Å². The number of nitrogens with one attached hydrogen (secondary N) is 2. The zero-order valence-electron chi connectivity index (χ0n) is 11.3. The van der Waals surface area contributed by atoms with Crippen molar-refractivity contribution in [1.29, 1.82) is 0 Å². The number of likely N-dealkylation sites (tertiary alicyclic amines) is 1. The van der Waals surface area contributed by atoms with E-state index < -0.39 is 23.9 Å². The maximum atomic E-state index is 11.4. The van der Waals surface area contributed by atoms with Crippen molar-refractivity contribution in [3.05, 3.63) is 0 Å². The van der Waals surface area contributed by atoms with E-state index in [9.17, 15) is 14.4 Å². The molecule has 1 saturated heterocycles. The van der Waals surface area contributed by atoms with E-state index in [1.807, 2.05) is 6.92 Å². The van der Waals surface area contributed by atoms with Crippen molar-refractivity contribution in [1.82, 2.24) is 15.5 Å². The molecule has 3 N–H and O–H groups in total. The van der Waals surface area contributed by atoms with Crippen LogP contribution < -0.4 is 10.6 Å². The first kappa shape index (κ1) is 15.4. The van der Waals surface area contributed by atoms with Gasteiger partial charge in [-0.2, -0.15) is 0 Å². The first-order valence-electron chi connectivity index (χ1n) is 6.42. The van der Waals surface area contributed by atoms with Crippen molar-refractivity contribution in [2.45, 2.75) is 32.2 Å². The minimum atomic E-state index is -0.849. The number of imide groups is 1. The Hall–Kier alpha value is -1.63. The molecule has 0 spiro atoms. The van der Waals surface area contributed by atoms with E-state index >= 15 is 0 Å². The largest absolute Gasteiger partial charge is 0.480 e. The molecule has 1 rings (SSSR count). The molecule has 7 heteroatoms. The minimum Gasteiger partial charge on any atom is -0.480 e. The molecule has 2 unspecified atom stereocenters. The molecule has 108 valence electrons. The van der Waals surface area contributed by atoms with E-state index in [4.69, 9.17) is 5.11 Å². The highest BCUT2D eigenvalue weighted by molar-refractivity contribution is 5.94. The SMILES string of the molecule is CNC(=O)NC(=O)CCN1CCC(C)CC1C(=O)O. The number of carboxylic acid groups (broad SMARTS) is 1. The van der Waals surface area contributed by atoms with Crippen LogP contribution in [-0.4, -0.2) is 54.1 Å². The predicted octanol–water partition coefficient (Wildman–Crippen LogP) is 0.0172. The van der Waals surface area contributed by atoms with Crippen LogP contribution >= 0.6 is 0 Å². The van der Waals surface area contributed by atoms with Crippen LogP contribution in [0.4, 0.5) is 4.79 Å². The average Bonchev–Trinajstić information content (AvgIpc) is 2.36. The Bertz CT molecular complexity index is 359. The number of rotatable bonds is 4. The molecule has 1 fully saturated rings. The first-order chi connectivity index (χ1) is 8.93. The summed E-state index contributed by atoms with van der Waals surface area (Å²) >= 11 is 0. The number of piperidine rings is 1. The van der Waals surface area contributed by atoms with Crippen LogP contribution in [0.3, 0.4) is 0 Å². The average molecular weight is 271 g/mol. The Kier molecular flexibility index (Phi) is 5.75. The summed E-state index contributed by atoms with van der Waals surface area (Å²) in [7, 11) is 1.43. The number of carboxylic acids is 1. The van der Waals surface area contributed by atoms with E-state index in [0.29, 0.717) is 25.4 Å². The van der Waals surface area contributed by atoms with Crippen molar-refractivity contribution in [3.8, 4) is 0 Å². The van der Waals surface area contributed by atoms with Gasteiger partial charge in [0.2, 0.25) is 5.91 Å². The van der Waals surface area contributed by atoms with Crippen molar-refractivity contribution in [2.24, 2.45) is 5.92 Å². The summed E-state index contributed by atoms with van der Waals surface area (Å²) in [5, 5.41) is 13.6. The molecule has 0 saturated carbocycles. The highest BCUT2D eigenvalue weighted by Gasteiger charge is 2.31. The standard InChI is InChI=1S/C12H21N3O4/c1-8-3-5-15(9(7-8)11(17)18)6-4-10(16)14-12(19)13-2/h8-9H,3-7H2,1-2H3,(H,17,18)(H2,13,14,16,19). The number of urea groups is 1. The number of nitrogens with zero attached hydrogens (tertiary/aromatic N) is 1. The van der Waals surface area contributed by atoms with Gasteiger partial charge < -0.3 is 10.4 Å². The van der Waals surface area contributed by atoms with Gasteiger partial charge in [0.15, 0.2) is 0 Å². The van der Waals surface area contributed by atoms with Crippen LogP contribution in [0.2, 0.25) is 0 Å². The van der Waals surface area contributed by atoms with Gasteiger partial charge in [0.05, 0.1) is 0 Å². The Morgan fingerprint density at radius 3 is 2.63 bits per heavy atom. The lowest BCUT2D eigenvalue weighted by atomic mass is 9.92. The fourth-order valence-corrected chi connectivity index (χ4v) is 2.21. The van der Waals surface area contributed by atoms with Crippen LogP contribution in [0.25, 0.3) is 0 Å². The summed E-state index contributed by atoms with van der Waals surface area (Å²) in [6.07, 6.45) is 1.65. The van der Waals surface area contributed by atoms with Crippen LogP contribution in [0.1, 0.15) is 26.2 Å². The van der Waals surface area contributed by atoms with Crippen LogP contribution in [0.15, 0.2) is 0 Å². The molecule has 0 aliphatic carbocycles. The summed E-state index contributed by atoms with van der Waals surface area (Å²) in [5.41, 5.74) is 0. The summed E-state index contributed by atoms with van der Waals surface area (Å²) < 4.78 is 0. The number of hydrogen-bond acceptors (Lipinski definition) is 4. The number of carbonyl (C=O) groups is 3. The number of carbonyl (C=O) groups excluding carboxylic acids is 2. The summed E-state index contributed by atoms with van der Waals surface area (Å²) in [6.45, 7) is 3.06. The molecule has 0 radical (unpaired) electrons. The molecular weight excluding hydrogens is 250 g/mol. The third-order valence-electron chi connectivity index (χ3n) is 3.37. The molecule has 0 bridgehead atoms. The second kappa shape index (κ2) is 7.08. The van der Waals surface area contributed by atoms with Crippen molar-refractivity contribution in [3.63, 3.8) is 0 Å². The quantitative estimate of drug-likeness (QED) is 0.669. The summed E-state index contributed by atoms with van der Waals surface area (Å²) in [6, 6.07) is -1.08. The summed E-state index contributed by atoms with van der Waals surface area (Å²) in [4.78, 5) is 35.4. The molecule has 1 heterocycles. The fourth-order valence-electron chi connectivity index (χ4n) is 2.21. The zero-order chi connectivity index (χ0) is 14.4. The van der Waals surface area contributed by atoms with Crippen LogP contribution in [-0.2, 0) is 9.59 Å². The van der Waals surface area contributed by atoms with E-state index in [-0.39, 0.29) is 6.42 Å². The highest BCUT2D eigenvalue weighted by atomic mass is 16.4. The van der Waals surface area contributed by atoms with Gasteiger partial charge in [-0.15, -0.1) is 0 Å². The monoisotopic (exact) mass is 271 g/mol. The van der Waals surface area contributed by atoms with Gasteiger partial charge in [-0.05, 0) is 25.3 Å². The second-order valence-corrected chi connectivity index (χ2v) is 4.90. The van der Waals surface area contributed by atoms with E-state index in [0.717, 1.165) is 6.42 Å². The van der Waals surface area contributed by atoms with Gasteiger partial charge in [0.1, 0.15) is 6.04 Å². The van der Waals surface area contributed by atoms with E-state index in [1.54, 1.807) is 4.90 Å². The Morgan fingerprint density at radius 1 is 1.37 bits per heavy atom. The molecule has 0 aromatic rings. The van der Waals surface area contributed by atoms with Gasteiger partial charge in [0.25, 0.3) is 0 Å². The van der Waals surface area contributed by atoms with E-state index in [1.165, 1.54) is 7.05 Å². The molecular formula is C12H21N3O4. The van der Waals surface area contributed by atoms with E-state index in [2.05, 4.69) is 10.6 Å². The van der Waals surface area contributed by atoms with Crippen molar-refractivity contribution >= 4 is 17.9 Å². The lowest BCUT2D eigenvalue weighted by Crippen LogP contribution is -2.48. The first-order valence-corrected chi connectivity index (χ1v) is 6.42. The van der Waals surface area contributed by atoms with Gasteiger partial charge in [-0.3, -0.25) is 19.8 Å². The van der Waals surface area contributed by atoms with Crippen LogP contribution in [0.5, 0.6) is 0 Å². The third kappa shape index (κ3) is 4.86. The Morgan fingerprint density at radius 2 is 2.05 bits per heavy atom. The van der Waals surface area contributed by atoms with Gasteiger partial charge in [0, 0.05) is 20.0 Å². The molecule has 1 aliphatic heterocycles. The fraction of sp³-hybridized carbons (Fsp3) is 0.750. The summed E-state index contributed by atoms with van der Waals surface area (Å²) in [5.74, 6) is -0.864. The topological polar surface area (TPSA) is 98.7 Å². The number of aliphatic carboxylic acids is 1. The molecule has 7 nitrogen and oxygen atoms in total. The van der Waals surface area contributed by atoms with Gasteiger partial charge in [-0.25, -0.2) is 4.79 Å². The molecule has 3 amide bonds. The normalized spacial score (nSPS) is 23.7. The number of hydrogen-bond donors (Lipinski definition) is 3. The van der Waals surface area contributed by atoms with Gasteiger partial charge in [-0.1, -0.05) is 6.92 Å². The zero-order valence-corrected chi connectivity index (χ0v) is 11.3. The molecule has 19 heavy (non-hydrogen) atoms. The maximum Gasteiger partial charge on any atom is 0.321 e. The predicted molar refractivity (Wildman–Crippen MR) is 68.6 cm³/mol. The minimum absolute atomic E-state index is 0.117.